The summed E-state index contributed by atoms with van der Waals surface area (Å²) in [4.78, 5) is 26.1. The second-order valence-electron chi connectivity index (χ2n) is 7.61. The van der Waals surface area contributed by atoms with Crippen molar-refractivity contribution in [3.05, 3.63) is 81.0 Å². The minimum atomic E-state index is -0.257. The van der Waals surface area contributed by atoms with Crippen LogP contribution in [0.1, 0.15) is 16.7 Å². The average Bonchev–Trinajstić information content (AvgIpc) is 3.47. The number of rotatable bonds is 5. The SMILES string of the molecule is Cc1cccc(-n2c(=O)c3ccccc3n3c(SCC(=O)Nc4sccc4C#N)nnc23)c1C. The number of hydrogen-bond donors (Lipinski definition) is 1. The van der Waals surface area contributed by atoms with Gasteiger partial charge in [-0.05, 0) is 54.6 Å². The molecule has 0 aliphatic carbocycles. The number of anilines is 1. The lowest BCUT2D eigenvalue weighted by atomic mass is 10.1. The fourth-order valence-electron chi connectivity index (χ4n) is 3.75. The van der Waals surface area contributed by atoms with Gasteiger partial charge in [-0.3, -0.25) is 14.0 Å². The molecule has 0 unspecified atom stereocenters. The van der Waals surface area contributed by atoms with Gasteiger partial charge < -0.3 is 5.32 Å². The third-order valence-corrected chi connectivity index (χ3v) is 7.34. The summed E-state index contributed by atoms with van der Waals surface area (Å²) in [5, 5.41) is 23.9. The fourth-order valence-corrected chi connectivity index (χ4v) is 5.25. The Balaban J connectivity index is 1.59. The van der Waals surface area contributed by atoms with Crippen LogP contribution in [0.25, 0.3) is 22.4 Å². The minimum Gasteiger partial charge on any atom is -0.316 e. The van der Waals surface area contributed by atoms with Crippen LogP contribution in [0.3, 0.4) is 0 Å². The molecular formula is C24H18N6O2S2. The van der Waals surface area contributed by atoms with Gasteiger partial charge in [0.05, 0.1) is 27.9 Å². The van der Waals surface area contributed by atoms with E-state index < -0.39 is 0 Å². The molecule has 10 heteroatoms. The summed E-state index contributed by atoms with van der Waals surface area (Å²) in [7, 11) is 0. The number of nitrogens with zero attached hydrogens (tertiary/aromatic N) is 5. The van der Waals surface area contributed by atoms with Gasteiger partial charge in [-0.15, -0.1) is 21.5 Å². The van der Waals surface area contributed by atoms with Gasteiger partial charge in [0.25, 0.3) is 5.56 Å². The number of benzene rings is 2. The van der Waals surface area contributed by atoms with Gasteiger partial charge in [0.15, 0.2) is 5.16 Å². The van der Waals surface area contributed by atoms with Crippen LogP contribution in [-0.4, -0.2) is 30.8 Å². The van der Waals surface area contributed by atoms with E-state index in [1.54, 1.807) is 22.1 Å². The first-order valence-corrected chi connectivity index (χ1v) is 12.2. The van der Waals surface area contributed by atoms with Gasteiger partial charge in [0.1, 0.15) is 11.1 Å². The molecule has 2 aromatic carbocycles. The number of nitrogens with one attached hydrogen (secondary N) is 1. The van der Waals surface area contributed by atoms with Crippen molar-refractivity contribution in [2.75, 3.05) is 11.1 Å². The molecule has 0 atom stereocenters. The number of nitriles is 1. The molecule has 1 N–H and O–H groups in total. The zero-order chi connectivity index (χ0) is 23.8. The predicted molar refractivity (Wildman–Crippen MR) is 134 cm³/mol. The van der Waals surface area contributed by atoms with E-state index in [1.807, 2.05) is 54.6 Å². The van der Waals surface area contributed by atoms with Crippen LogP contribution in [0.5, 0.6) is 0 Å². The van der Waals surface area contributed by atoms with Crippen LogP contribution >= 0.6 is 23.1 Å². The maximum absolute atomic E-state index is 13.5. The summed E-state index contributed by atoms with van der Waals surface area (Å²) in [6, 6.07) is 16.8. The molecule has 0 radical (unpaired) electrons. The molecule has 0 fully saturated rings. The Morgan fingerprint density at radius 1 is 1.15 bits per heavy atom. The zero-order valence-corrected chi connectivity index (χ0v) is 19.9. The van der Waals surface area contributed by atoms with E-state index in [9.17, 15) is 9.59 Å². The topological polar surface area (TPSA) is 105 Å². The molecule has 34 heavy (non-hydrogen) atoms. The van der Waals surface area contributed by atoms with E-state index >= 15 is 0 Å². The normalized spacial score (nSPS) is 11.1. The van der Waals surface area contributed by atoms with Crippen LogP contribution in [-0.2, 0) is 4.79 Å². The van der Waals surface area contributed by atoms with Gasteiger partial charge in [0, 0.05) is 0 Å². The molecule has 0 saturated carbocycles. The van der Waals surface area contributed by atoms with Crippen molar-refractivity contribution < 1.29 is 4.79 Å². The maximum atomic E-state index is 13.5. The van der Waals surface area contributed by atoms with E-state index in [4.69, 9.17) is 5.26 Å². The lowest BCUT2D eigenvalue weighted by Gasteiger charge is -2.14. The highest BCUT2D eigenvalue weighted by Gasteiger charge is 2.20. The molecule has 1 amide bonds. The smallest absolute Gasteiger partial charge is 0.267 e. The second-order valence-corrected chi connectivity index (χ2v) is 9.47. The number of thiophene rings is 1. The Morgan fingerprint density at radius 2 is 1.97 bits per heavy atom. The molecule has 0 bridgehead atoms. The highest BCUT2D eigenvalue weighted by molar-refractivity contribution is 7.99. The number of carbonyl (C=O) groups is 1. The summed E-state index contributed by atoms with van der Waals surface area (Å²) in [5.74, 6) is 0.193. The largest absolute Gasteiger partial charge is 0.316 e. The standard InChI is InChI=1S/C24H18N6O2S2/c1-14-6-5-9-18(15(14)2)29-22(32)17-7-3-4-8-19(17)30-23(29)27-28-24(30)34-13-20(31)26-21-16(12-25)10-11-33-21/h3-11H,13H2,1-2H3,(H,26,31). The maximum Gasteiger partial charge on any atom is 0.267 e. The van der Waals surface area contributed by atoms with Crippen molar-refractivity contribution in [3.63, 3.8) is 0 Å². The molecular weight excluding hydrogens is 468 g/mol. The predicted octanol–water partition coefficient (Wildman–Crippen LogP) is 4.31. The molecule has 0 spiro atoms. The summed E-state index contributed by atoms with van der Waals surface area (Å²) in [6.45, 7) is 3.97. The Hall–Kier alpha value is -3.94. The molecule has 5 aromatic rings. The average molecular weight is 487 g/mol. The van der Waals surface area contributed by atoms with E-state index in [0.29, 0.717) is 32.4 Å². The number of aryl methyl sites for hydroxylation is 1. The van der Waals surface area contributed by atoms with Gasteiger partial charge in [-0.2, -0.15) is 5.26 Å². The van der Waals surface area contributed by atoms with Crippen LogP contribution in [0, 0.1) is 25.2 Å². The molecule has 168 valence electrons. The van der Waals surface area contributed by atoms with E-state index in [-0.39, 0.29) is 17.2 Å². The first-order valence-electron chi connectivity index (χ1n) is 10.4. The summed E-state index contributed by atoms with van der Waals surface area (Å²) in [6.07, 6.45) is 0. The highest BCUT2D eigenvalue weighted by Crippen LogP contribution is 2.26. The fraction of sp³-hybridized carbons (Fsp3) is 0.125. The second kappa shape index (κ2) is 8.78. The Kier molecular flexibility index (Phi) is 5.65. The number of hydrogen-bond acceptors (Lipinski definition) is 7. The molecule has 3 aromatic heterocycles. The number of amides is 1. The molecule has 0 aliphatic heterocycles. The number of fused-ring (bicyclic) bond motifs is 3. The summed E-state index contributed by atoms with van der Waals surface area (Å²) >= 11 is 2.51. The lowest BCUT2D eigenvalue weighted by Crippen LogP contribution is -2.22. The quantitative estimate of drug-likeness (QED) is 0.371. The van der Waals surface area contributed by atoms with Crippen molar-refractivity contribution in [1.29, 1.82) is 5.26 Å². The number of para-hydroxylation sites is 1. The van der Waals surface area contributed by atoms with Gasteiger partial charge in [0.2, 0.25) is 11.7 Å². The lowest BCUT2D eigenvalue weighted by molar-refractivity contribution is -0.113. The van der Waals surface area contributed by atoms with Crippen molar-refractivity contribution >= 4 is 50.7 Å². The first-order chi connectivity index (χ1) is 16.5. The van der Waals surface area contributed by atoms with Gasteiger partial charge in [-0.25, -0.2) is 4.57 Å². The third-order valence-electron chi connectivity index (χ3n) is 5.58. The van der Waals surface area contributed by atoms with Crippen molar-refractivity contribution in [2.45, 2.75) is 19.0 Å². The van der Waals surface area contributed by atoms with Crippen LogP contribution in [0.2, 0.25) is 0 Å². The van der Waals surface area contributed by atoms with E-state index in [2.05, 4.69) is 21.6 Å². The van der Waals surface area contributed by atoms with Crippen LogP contribution in [0.4, 0.5) is 5.00 Å². The van der Waals surface area contributed by atoms with E-state index in [1.165, 1.54) is 23.1 Å². The zero-order valence-electron chi connectivity index (χ0n) is 18.3. The van der Waals surface area contributed by atoms with Crippen LogP contribution < -0.4 is 10.9 Å². The highest BCUT2D eigenvalue weighted by atomic mass is 32.2. The molecule has 0 aliphatic rings. The Morgan fingerprint density at radius 3 is 2.79 bits per heavy atom. The Labute approximate surface area is 202 Å². The number of thioether (sulfide) groups is 1. The number of aromatic nitrogens is 4. The van der Waals surface area contributed by atoms with Crippen LogP contribution in [0.15, 0.2) is 63.9 Å². The van der Waals surface area contributed by atoms with E-state index in [0.717, 1.165) is 16.8 Å². The molecule has 5 rings (SSSR count). The molecule has 8 nitrogen and oxygen atoms in total. The van der Waals surface area contributed by atoms with Crippen molar-refractivity contribution in [3.8, 4) is 11.8 Å². The Bertz CT molecular complexity index is 1670. The molecule has 3 heterocycles. The monoisotopic (exact) mass is 486 g/mol. The van der Waals surface area contributed by atoms with Gasteiger partial charge in [-0.1, -0.05) is 36.0 Å². The molecule has 0 saturated heterocycles. The first kappa shape index (κ1) is 21.9. The van der Waals surface area contributed by atoms with Crippen molar-refractivity contribution in [2.24, 2.45) is 0 Å². The summed E-state index contributed by atoms with van der Waals surface area (Å²) in [5.41, 5.74) is 3.70. The summed E-state index contributed by atoms with van der Waals surface area (Å²) < 4.78 is 3.38. The van der Waals surface area contributed by atoms with Gasteiger partial charge >= 0.3 is 0 Å². The third kappa shape index (κ3) is 3.65. The minimum absolute atomic E-state index is 0.0699. The van der Waals surface area contributed by atoms with Crippen molar-refractivity contribution in [1.82, 2.24) is 19.2 Å². The number of carbonyl (C=O) groups excluding carboxylic acids is 1.